The minimum atomic E-state index is -0.225. The number of benzene rings is 1. The molecule has 2 heterocycles. The molecule has 0 bridgehead atoms. The highest BCUT2D eigenvalue weighted by Gasteiger charge is 2.21. The van der Waals surface area contributed by atoms with Gasteiger partial charge in [-0.25, -0.2) is 9.89 Å². The van der Waals surface area contributed by atoms with E-state index in [9.17, 15) is 9.59 Å². The first kappa shape index (κ1) is 17.8. The van der Waals surface area contributed by atoms with Crippen LogP contribution in [0, 0.1) is 5.92 Å². The molecule has 1 aliphatic heterocycles. The SMILES string of the molecule is CC1CCCN(C(=O)CSc2n[nH]c(=O)n2CCc2ccccc2)C1. The maximum absolute atomic E-state index is 12.4. The van der Waals surface area contributed by atoms with Crippen molar-refractivity contribution in [1.82, 2.24) is 19.7 Å². The van der Waals surface area contributed by atoms with Crippen LogP contribution in [-0.2, 0) is 17.8 Å². The van der Waals surface area contributed by atoms with Crippen LogP contribution < -0.4 is 5.69 Å². The van der Waals surface area contributed by atoms with Crippen LogP contribution in [0.5, 0.6) is 0 Å². The van der Waals surface area contributed by atoms with Gasteiger partial charge in [-0.05, 0) is 30.7 Å². The summed E-state index contributed by atoms with van der Waals surface area (Å²) in [5, 5.41) is 7.16. The van der Waals surface area contributed by atoms with Crippen molar-refractivity contribution in [3.8, 4) is 0 Å². The Bertz CT molecular complexity index is 756. The molecule has 1 atom stereocenters. The van der Waals surface area contributed by atoms with Gasteiger partial charge in [0.15, 0.2) is 5.16 Å². The number of thioether (sulfide) groups is 1. The van der Waals surface area contributed by atoms with E-state index in [1.165, 1.54) is 23.7 Å². The number of nitrogens with zero attached hydrogens (tertiary/aromatic N) is 3. The number of aromatic amines is 1. The Labute approximate surface area is 151 Å². The zero-order valence-corrected chi connectivity index (χ0v) is 15.3. The number of H-pyrrole nitrogens is 1. The van der Waals surface area contributed by atoms with Gasteiger partial charge >= 0.3 is 5.69 Å². The zero-order valence-electron chi connectivity index (χ0n) is 14.5. The summed E-state index contributed by atoms with van der Waals surface area (Å²) in [5.74, 6) is 1.02. The lowest BCUT2D eigenvalue weighted by Gasteiger charge is -2.30. The Kier molecular flexibility index (Phi) is 5.96. The Balaban J connectivity index is 1.57. The number of aryl methyl sites for hydroxylation is 1. The van der Waals surface area contributed by atoms with Crippen LogP contribution in [0.1, 0.15) is 25.3 Å². The number of likely N-dealkylation sites (tertiary alicyclic amines) is 1. The highest BCUT2D eigenvalue weighted by Crippen LogP contribution is 2.19. The van der Waals surface area contributed by atoms with Crippen LogP contribution in [0.4, 0.5) is 0 Å². The van der Waals surface area contributed by atoms with Crippen molar-refractivity contribution >= 4 is 17.7 Å². The lowest BCUT2D eigenvalue weighted by atomic mass is 10.0. The van der Waals surface area contributed by atoms with E-state index in [1.54, 1.807) is 4.57 Å². The van der Waals surface area contributed by atoms with Gasteiger partial charge < -0.3 is 4.90 Å². The van der Waals surface area contributed by atoms with E-state index in [0.717, 1.165) is 25.9 Å². The second-order valence-electron chi connectivity index (χ2n) is 6.57. The molecule has 1 saturated heterocycles. The van der Waals surface area contributed by atoms with E-state index in [2.05, 4.69) is 17.1 Å². The maximum atomic E-state index is 12.4. The summed E-state index contributed by atoms with van der Waals surface area (Å²) in [4.78, 5) is 26.3. The standard InChI is InChI=1S/C18H24N4O2S/c1-14-6-5-10-21(12-14)16(23)13-25-18-20-19-17(24)22(18)11-9-15-7-3-2-4-8-15/h2-4,7-8,14H,5-6,9-13H2,1H3,(H,19,24). The van der Waals surface area contributed by atoms with Gasteiger partial charge in [-0.2, -0.15) is 0 Å². The molecule has 0 radical (unpaired) electrons. The number of amides is 1. The van der Waals surface area contributed by atoms with Crippen molar-refractivity contribution in [3.05, 3.63) is 46.4 Å². The van der Waals surface area contributed by atoms with Crippen molar-refractivity contribution in [2.24, 2.45) is 5.92 Å². The lowest BCUT2D eigenvalue weighted by molar-refractivity contribution is -0.130. The number of carbonyl (C=O) groups is 1. The van der Waals surface area contributed by atoms with E-state index in [1.807, 2.05) is 35.2 Å². The first-order valence-electron chi connectivity index (χ1n) is 8.73. The predicted molar refractivity (Wildman–Crippen MR) is 98.7 cm³/mol. The molecule has 2 aromatic rings. The van der Waals surface area contributed by atoms with Crippen LogP contribution >= 0.6 is 11.8 Å². The molecule has 1 aromatic carbocycles. The smallest absolute Gasteiger partial charge is 0.342 e. The molecule has 1 amide bonds. The fourth-order valence-electron chi connectivity index (χ4n) is 3.13. The van der Waals surface area contributed by atoms with E-state index in [-0.39, 0.29) is 11.6 Å². The van der Waals surface area contributed by atoms with E-state index in [4.69, 9.17) is 0 Å². The van der Waals surface area contributed by atoms with Gasteiger partial charge in [0.2, 0.25) is 5.91 Å². The predicted octanol–water partition coefficient (Wildman–Crippen LogP) is 2.16. The number of hydrogen-bond acceptors (Lipinski definition) is 4. The van der Waals surface area contributed by atoms with Gasteiger partial charge in [0.1, 0.15) is 0 Å². The minimum Gasteiger partial charge on any atom is -0.342 e. The normalized spacial score (nSPS) is 17.6. The Morgan fingerprint density at radius 2 is 2.16 bits per heavy atom. The molecule has 6 nitrogen and oxygen atoms in total. The number of nitrogens with one attached hydrogen (secondary N) is 1. The first-order valence-corrected chi connectivity index (χ1v) is 9.72. The van der Waals surface area contributed by atoms with Crippen molar-refractivity contribution in [1.29, 1.82) is 0 Å². The van der Waals surface area contributed by atoms with E-state index < -0.39 is 0 Å². The number of piperidine rings is 1. The quantitative estimate of drug-likeness (QED) is 0.802. The summed E-state index contributed by atoms with van der Waals surface area (Å²) < 4.78 is 1.61. The van der Waals surface area contributed by atoms with Gasteiger partial charge in [0.25, 0.3) is 0 Å². The fraction of sp³-hybridized carbons (Fsp3) is 0.500. The van der Waals surface area contributed by atoms with Crippen molar-refractivity contribution in [3.63, 3.8) is 0 Å². The van der Waals surface area contributed by atoms with Crippen molar-refractivity contribution < 1.29 is 4.79 Å². The lowest BCUT2D eigenvalue weighted by Crippen LogP contribution is -2.40. The molecule has 1 fully saturated rings. The summed E-state index contributed by atoms with van der Waals surface area (Å²) in [7, 11) is 0. The second kappa shape index (κ2) is 8.38. The molecule has 1 aliphatic rings. The molecule has 1 aromatic heterocycles. The molecule has 134 valence electrons. The fourth-order valence-corrected chi connectivity index (χ4v) is 4.01. The number of rotatable bonds is 6. The average molecular weight is 360 g/mol. The van der Waals surface area contributed by atoms with Crippen molar-refractivity contribution in [2.45, 2.75) is 37.9 Å². The molecule has 7 heteroatoms. The molecular formula is C18H24N4O2S. The van der Waals surface area contributed by atoms with Crippen LogP contribution in [0.2, 0.25) is 0 Å². The molecule has 0 saturated carbocycles. The van der Waals surface area contributed by atoms with Gasteiger partial charge in [-0.3, -0.25) is 9.36 Å². The summed E-state index contributed by atoms with van der Waals surface area (Å²) in [6.45, 7) is 4.41. The maximum Gasteiger partial charge on any atom is 0.343 e. The highest BCUT2D eigenvalue weighted by molar-refractivity contribution is 7.99. The van der Waals surface area contributed by atoms with E-state index in [0.29, 0.717) is 23.4 Å². The molecule has 1 N–H and O–H groups in total. The topological polar surface area (TPSA) is 71.0 Å². The molecule has 1 unspecified atom stereocenters. The van der Waals surface area contributed by atoms with Crippen LogP contribution in [0.3, 0.4) is 0 Å². The third-order valence-electron chi connectivity index (χ3n) is 4.52. The highest BCUT2D eigenvalue weighted by atomic mass is 32.2. The minimum absolute atomic E-state index is 0.126. The molecular weight excluding hydrogens is 336 g/mol. The molecule has 0 spiro atoms. The molecule has 3 rings (SSSR count). The Hall–Kier alpha value is -2.02. The third-order valence-corrected chi connectivity index (χ3v) is 5.49. The Morgan fingerprint density at radius 1 is 1.36 bits per heavy atom. The number of carbonyl (C=O) groups excluding carboxylic acids is 1. The summed E-state index contributed by atoms with van der Waals surface area (Å²) in [5.41, 5.74) is 0.947. The van der Waals surface area contributed by atoms with Gasteiger partial charge in [0, 0.05) is 19.6 Å². The van der Waals surface area contributed by atoms with Gasteiger partial charge in [-0.15, -0.1) is 5.10 Å². The number of hydrogen-bond donors (Lipinski definition) is 1. The first-order chi connectivity index (χ1) is 12.1. The summed E-state index contributed by atoms with van der Waals surface area (Å²) in [6, 6.07) is 10.0. The molecule has 0 aliphatic carbocycles. The molecule has 25 heavy (non-hydrogen) atoms. The van der Waals surface area contributed by atoms with Gasteiger partial charge in [-0.1, -0.05) is 49.0 Å². The Morgan fingerprint density at radius 3 is 2.92 bits per heavy atom. The summed E-state index contributed by atoms with van der Waals surface area (Å²) in [6.07, 6.45) is 3.02. The zero-order chi connectivity index (χ0) is 17.6. The van der Waals surface area contributed by atoms with Crippen LogP contribution in [0.25, 0.3) is 0 Å². The second-order valence-corrected chi connectivity index (χ2v) is 7.52. The van der Waals surface area contributed by atoms with E-state index >= 15 is 0 Å². The number of aromatic nitrogens is 3. The third kappa shape index (κ3) is 4.75. The van der Waals surface area contributed by atoms with Crippen molar-refractivity contribution in [2.75, 3.05) is 18.8 Å². The largest absolute Gasteiger partial charge is 0.343 e. The van der Waals surface area contributed by atoms with Crippen LogP contribution in [-0.4, -0.2) is 44.4 Å². The average Bonchev–Trinajstić information content (AvgIpc) is 2.98. The van der Waals surface area contributed by atoms with Crippen LogP contribution in [0.15, 0.2) is 40.3 Å². The monoisotopic (exact) mass is 360 g/mol. The van der Waals surface area contributed by atoms with Gasteiger partial charge in [0.05, 0.1) is 5.75 Å². The summed E-state index contributed by atoms with van der Waals surface area (Å²) >= 11 is 1.34.